The molecular weight excluding hydrogens is 269 g/mol. The van der Waals surface area contributed by atoms with E-state index in [-0.39, 0.29) is 0 Å². The Morgan fingerprint density at radius 3 is 1.73 bits per heavy atom. The van der Waals surface area contributed by atoms with Crippen molar-refractivity contribution in [3.05, 3.63) is 71.5 Å². The summed E-state index contributed by atoms with van der Waals surface area (Å²) in [6.45, 7) is 6.67. The van der Waals surface area contributed by atoms with Gasteiger partial charge in [-0.2, -0.15) is 0 Å². The smallest absolute Gasteiger partial charge is 0.335 e. The standard InChI is InChI=1S/C19H21BNO/c1-14-9-5-7-11-18(14)20(19-12-8-6-10-15(19)2)21-16(3)13-17(4)22-20/h5-13H,1-4H3/q-1. The number of aryl methyl sites for hydroxylation is 2. The van der Waals surface area contributed by atoms with Crippen LogP contribution in [-0.4, -0.2) is 12.2 Å². The fourth-order valence-corrected chi connectivity index (χ4v) is 3.43. The van der Waals surface area contributed by atoms with Crippen LogP contribution in [0.4, 0.5) is 0 Å². The van der Waals surface area contributed by atoms with Crippen molar-refractivity contribution in [3.8, 4) is 0 Å². The largest absolute Gasteiger partial charge is 0.692 e. The number of hydrogen-bond donors (Lipinski definition) is 0. The van der Waals surface area contributed by atoms with Crippen molar-refractivity contribution in [3.63, 3.8) is 0 Å². The molecule has 1 heterocycles. The second kappa shape index (κ2) is 5.49. The lowest BCUT2D eigenvalue weighted by Gasteiger charge is -2.45. The maximum absolute atomic E-state index is 6.41. The molecule has 1 aliphatic rings. The highest BCUT2D eigenvalue weighted by Gasteiger charge is 2.35. The molecule has 0 bridgehead atoms. The summed E-state index contributed by atoms with van der Waals surface area (Å²) >= 11 is 0. The molecule has 0 unspecified atom stereocenters. The van der Waals surface area contributed by atoms with E-state index in [0.717, 1.165) is 22.4 Å². The maximum Gasteiger partial charge on any atom is 0.335 e. The van der Waals surface area contributed by atoms with Gasteiger partial charge in [-0.15, -0.1) is 10.9 Å². The van der Waals surface area contributed by atoms with E-state index in [0.29, 0.717) is 0 Å². The Morgan fingerprint density at radius 2 is 1.27 bits per heavy atom. The van der Waals surface area contributed by atoms with Gasteiger partial charge in [-0.05, 0) is 39.5 Å². The Bertz CT molecular complexity index is 731. The lowest BCUT2D eigenvalue weighted by Crippen LogP contribution is -2.62. The SMILES string of the molecule is CC1=CC(C)=N[B-](c2ccccc2C)(c2ccccc2C)O1. The van der Waals surface area contributed by atoms with Gasteiger partial charge in [0.2, 0.25) is 0 Å². The minimum Gasteiger partial charge on any atom is -0.692 e. The minimum atomic E-state index is -1.62. The van der Waals surface area contributed by atoms with Crippen LogP contribution in [0.25, 0.3) is 0 Å². The van der Waals surface area contributed by atoms with Gasteiger partial charge in [0.25, 0.3) is 0 Å². The third-order valence-corrected chi connectivity index (χ3v) is 4.37. The van der Waals surface area contributed by atoms with E-state index >= 15 is 0 Å². The first-order valence-corrected chi connectivity index (χ1v) is 7.73. The molecule has 0 amide bonds. The maximum atomic E-state index is 6.41. The third kappa shape index (κ3) is 2.37. The molecule has 0 aliphatic carbocycles. The molecule has 0 fully saturated rings. The molecule has 112 valence electrons. The highest BCUT2D eigenvalue weighted by molar-refractivity contribution is 6.97. The van der Waals surface area contributed by atoms with E-state index in [2.05, 4.69) is 62.4 Å². The molecule has 0 N–H and O–H groups in total. The number of nitrogens with zero attached hydrogens (tertiary/aromatic N) is 1. The second-order valence-corrected chi connectivity index (χ2v) is 6.10. The zero-order valence-electron chi connectivity index (χ0n) is 13.6. The molecule has 3 heteroatoms. The molecule has 2 aromatic rings. The van der Waals surface area contributed by atoms with Crippen LogP contribution in [0.1, 0.15) is 25.0 Å². The van der Waals surface area contributed by atoms with E-state index in [1.165, 1.54) is 11.1 Å². The van der Waals surface area contributed by atoms with Gasteiger partial charge in [0, 0.05) is 5.76 Å². The van der Waals surface area contributed by atoms with Crippen LogP contribution in [0.2, 0.25) is 0 Å². The van der Waals surface area contributed by atoms with E-state index in [1.807, 2.05) is 19.9 Å². The molecule has 0 saturated carbocycles. The first kappa shape index (κ1) is 14.6. The van der Waals surface area contributed by atoms with Gasteiger partial charge in [-0.3, -0.25) is 0 Å². The molecular formula is C19H21BNO-. The van der Waals surface area contributed by atoms with Crippen LogP contribution in [0.15, 0.2) is 65.3 Å². The van der Waals surface area contributed by atoms with Crippen LogP contribution in [0.5, 0.6) is 0 Å². The fraction of sp³-hybridized carbons (Fsp3) is 0.211. The van der Waals surface area contributed by atoms with Crippen molar-refractivity contribution in [1.29, 1.82) is 0 Å². The minimum absolute atomic E-state index is 0.916. The lowest BCUT2D eigenvalue weighted by molar-refractivity contribution is 0.428. The van der Waals surface area contributed by atoms with Crippen molar-refractivity contribution in [2.75, 3.05) is 0 Å². The lowest BCUT2D eigenvalue weighted by atomic mass is 9.40. The Kier molecular flexibility index (Phi) is 3.65. The zero-order valence-corrected chi connectivity index (χ0v) is 13.6. The predicted molar refractivity (Wildman–Crippen MR) is 95.3 cm³/mol. The van der Waals surface area contributed by atoms with Crippen LogP contribution in [0, 0.1) is 13.8 Å². The molecule has 0 aromatic heterocycles. The van der Waals surface area contributed by atoms with Crippen molar-refractivity contribution < 1.29 is 4.65 Å². The van der Waals surface area contributed by atoms with Crippen molar-refractivity contribution in [2.45, 2.75) is 27.7 Å². The molecule has 22 heavy (non-hydrogen) atoms. The van der Waals surface area contributed by atoms with Gasteiger partial charge in [-0.1, -0.05) is 59.7 Å². The molecule has 0 radical (unpaired) electrons. The summed E-state index contributed by atoms with van der Waals surface area (Å²) in [5.74, 6) is 0.916. The highest BCUT2D eigenvalue weighted by atomic mass is 16.5. The van der Waals surface area contributed by atoms with E-state index in [4.69, 9.17) is 9.56 Å². The first-order chi connectivity index (χ1) is 10.5. The predicted octanol–water partition coefficient (Wildman–Crippen LogP) is 3.25. The van der Waals surface area contributed by atoms with Crippen molar-refractivity contribution >= 4 is 23.1 Å². The average molecular weight is 290 g/mol. The molecule has 3 rings (SSSR count). The fourth-order valence-electron chi connectivity index (χ4n) is 3.43. The van der Waals surface area contributed by atoms with Crippen molar-refractivity contribution in [2.24, 2.45) is 4.90 Å². The van der Waals surface area contributed by atoms with Gasteiger partial charge in [-0.25, -0.2) is 0 Å². The summed E-state index contributed by atoms with van der Waals surface area (Å²) in [4.78, 5) is 5.01. The molecule has 0 atom stereocenters. The first-order valence-electron chi connectivity index (χ1n) is 7.73. The van der Waals surface area contributed by atoms with Gasteiger partial charge < -0.3 is 9.56 Å². The number of hydrogen-bond acceptors (Lipinski definition) is 2. The molecule has 0 saturated heterocycles. The number of allylic oxidation sites excluding steroid dienone is 2. The summed E-state index contributed by atoms with van der Waals surface area (Å²) in [7, 11) is 0. The molecule has 1 aliphatic heterocycles. The topological polar surface area (TPSA) is 21.6 Å². The summed E-state index contributed by atoms with van der Waals surface area (Å²) in [5, 5.41) is 0. The number of rotatable bonds is 2. The van der Waals surface area contributed by atoms with E-state index < -0.39 is 6.48 Å². The Morgan fingerprint density at radius 1 is 0.773 bits per heavy atom. The quantitative estimate of drug-likeness (QED) is 0.778. The summed E-state index contributed by atoms with van der Waals surface area (Å²) in [6.07, 6.45) is 2.00. The van der Waals surface area contributed by atoms with E-state index in [9.17, 15) is 0 Å². The van der Waals surface area contributed by atoms with Gasteiger partial charge in [0.15, 0.2) is 0 Å². The Labute approximate surface area is 132 Å². The Balaban J connectivity index is 2.32. The average Bonchev–Trinajstić information content (AvgIpc) is 2.47. The van der Waals surface area contributed by atoms with E-state index in [1.54, 1.807) is 0 Å². The van der Waals surface area contributed by atoms with Crippen LogP contribution < -0.4 is 10.9 Å². The van der Waals surface area contributed by atoms with Crippen LogP contribution >= 0.6 is 0 Å². The second-order valence-electron chi connectivity index (χ2n) is 6.10. The monoisotopic (exact) mass is 290 g/mol. The normalized spacial score (nSPS) is 16.5. The number of benzene rings is 2. The third-order valence-electron chi connectivity index (χ3n) is 4.37. The zero-order chi connectivity index (χ0) is 15.7. The summed E-state index contributed by atoms with van der Waals surface area (Å²) < 4.78 is 6.41. The molecule has 0 spiro atoms. The highest BCUT2D eigenvalue weighted by Crippen LogP contribution is 2.21. The van der Waals surface area contributed by atoms with Gasteiger partial charge in [0.05, 0.1) is 0 Å². The van der Waals surface area contributed by atoms with Crippen LogP contribution in [0.3, 0.4) is 0 Å². The van der Waals surface area contributed by atoms with Gasteiger partial charge >= 0.3 is 6.48 Å². The van der Waals surface area contributed by atoms with Crippen LogP contribution in [-0.2, 0) is 4.65 Å². The molecule has 2 aromatic carbocycles. The summed E-state index contributed by atoms with van der Waals surface area (Å²) in [5.41, 5.74) is 5.73. The van der Waals surface area contributed by atoms with Crippen molar-refractivity contribution in [1.82, 2.24) is 0 Å². The summed E-state index contributed by atoms with van der Waals surface area (Å²) in [6, 6.07) is 16.8. The Hall–Kier alpha value is -2.29. The molecule has 2 nitrogen and oxygen atoms in total. The van der Waals surface area contributed by atoms with Gasteiger partial charge in [0.1, 0.15) is 0 Å².